The highest BCUT2D eigenvalue weighted by Crippen LogP contribution is 2.19. The van der Waals surface area contributed by atoms with Crippen LogP contribution in [0.3, 0.4) is 0 Å². The van der Waals surface area contributed by atoms with Gasteiger partial charge in [0.2, 0.25) is 0 Å². The Labute approximate surface area is 131 Å². The van der Waals surface area contributed by atoms with Crippen LogP contribution in [-0.2, 0) is 4.79 Å². The van der Waals surface area contributed by atoms with Crippen molar-refractivity contribution in [1.82, 2.24) is 10.2 Å². The minimum Gasteiger partial charge on any atom is -0.480 e. The fraction of sp³-hybridized carbons (Fsp3) is 0.529. The van der Waals surface area contributed by atoms with Gasteiger partial charge in [0.15, 0.2) is 0 Å². The molecule has 0 aliphatic carbocycles. The molecule has 1 aliphatic rings. The molecule has 1 saturated heterocycles. The molecule has 2 atom stereocenters. The molecule has 0 aromatic heterocycles. The molecule has 0 saturated carbocycles. The van der Waals surface area contributed by atoms with E-state index in [1.54, 1.807) is 12.1 Å². The van der Waals surface area contributed by atoms with Crippen LogP contribution in [0.2, 0.25) is 0 Å². The Kier molecular flexibility index (Phi) is 5.95. The van der Waals surface area contributed by atoms with Crippen LogP contribution in [-0.4, -0.2) is 47.6 Å². The maximum Gasteiger partial charge on any atom is 0.320 e. The van der Waals surface area contributed by atoms with Gasteiger partial charge in [-0.05, 0) is 43.9 Å². The monoisotopic (exact) mass is 304 g/mol. The molecular formula is C17H24N2O3. The summed E-state index contributed by atoms with van der Waals surface area (Å²) in [7, 11) is 0. The van der Waals surface area contributed by atoms with E-state index in [1.165, 1.54) is 0 Å². The molecule has 1 aliphatic heterocycles. The third kappa shape index (κ3) is 4.31. The van der Waals surface area contributed by atoms with E-state index in [-0.39, 0.29) is 5.91 Å². The van der Waals surface area contributed by atoms with E-state index < -0.39 is 12.0 Å². The fourth-order valence-corrected chi connectivity index (χ4v) is 3.06. The zero-order chi connectivity index (χ0) is 15.9. The summed E-state index contributed by atoms with van der Waals surface area (Å²) in [6.07, 6.45) is 2.62. The number of hydrogen-bond acceptors (Lipinski definition) is 3. The number of benzene rings is 1. The van der Waals surface area contributed by atoms with Gasteiger partial charge in [-0.2, -0.15) is 0 Å². The number of nitrogens with zero attached hydrogens (tertiary/aromatic N) is 1. The van der Waals surface area contributed by atoms with Gasteiger partial charge in [0.05, 0.1) is 0 Å². The minimum atomic E-state index is -0.753. The fourth-order valence-electron chi connectivity index (χ4n) is 3.06. The standard InChI is InChI=1S/C17H24N2O3/c1-2-15(17(21)22)19-10-6-7-13(12-19)11-18-16(20)14-8-4-3-5-9-14/h3-5,8-9,13,15H,2,6-7,10-12H2,1H3,(H,18,20)(H,21,22)/t13-,15+/m1/s1. The number of amides is 1. The van der Waals surface area contributed by atoms with Gasteiger partial charge in [-0.25, -0.2) is 0 Å². The zero-order valence-electron chi connectivity index (χ0n) is 13.0. The third-order valence-corrected chi connectivity index (χ3v) is 4.25. The molecule has 0 bridgehead atoms. The van der Waals surface area contributed by atoms with E-state index in [0.29, 0.717) is 24.4 Å². The quantitative estimate of drug-likeness (QED) is 0.843. The average Bonchev–Trinajstić information content (AvgIpc) is 2.54. The first-order chi connectivity index (χ1) is 10.6. The number of hydrogen-bond donors (Lipinski definition) is 2. The lowest BCUT2D eigenvalue weighted by molar-refractivity contribution is -0.144. The van der Waals surface area contributed by atoms with Gasteiger partial charge in [0.25, 0.3) is 5.91 Å². The van der Waals surface area contributed by atoms with Gasteiger partial charge in [-0.15, -0.1) is 0 Å². The number of carboxylic acid groups (broad SMARTS) is 1. The van der Waals surface area contributed by atoms with Gasteiger partial charge < -0.3 is 10.4 Å². The Balaban J connectivity index is 1.85. The number of piperidine rings is 1. The van der Waals surface area contributed by atoms with Crippen LogP contribution >= 0.6 is 0 Å². The number of rotatable bonds is 6. The molecule has 5 heteroatoms. The van der Waals surface area contributed by atoms with Gasteiger partial charge >= 0.3 is 5.97 Å². The first kappa shape index (κ1) is 16.5. The summed E-state index contributed by atoms with van der Waals surface area (Å²) in [6, 6.07) is 8.74. The van der Waals surface area contributed by atoms with Gasteiger partial charge in [-0.3, -0.25) is 14.5 Å². The maximum atomic E-state index is 12.0. The first-order valence-electron chi connectivity index (χ1n) is 7.92. The van der Waals surface area contributed by atoms with E-state index in [0.717, 1.165) is 25.9 Å². The van der Waals surface area contributed by atoms with Crippen molar-refractivity contribution in [2.45, 2.75) is 32.2 Å². The average molecular weight is 304 g/mol. The van der Waals surface area contributed by atoms with Gasteiger partial charge in [-0.1, -0.05) is 25.1 Å². The van der Waals surface area contributed by atoms with Crippen molar-refractivity contribution >= 4 is 11.9 Å². The summed E-state index contributed by atoms with van der Waals surface area (Å²) >= 11 is 0. The predicted octanol–water partition coefficient (Wildman–Crippen LogP) is 1.99. The van der Waals surface area contributed by atoms with E-state index in [1.807, 2.05) is 30.0 Å². The summed E-state index contributed by atoms with van der Waals surface area (Å²) in [4.78, 5) is 25.4. The second-order valence-corrected chi connectivity index (χ2v) is 5.84. The Morgan fingerprint density at radius 3 is 2.73 bits per heavy atom. The lowest BCUT2D eigenvalue weighted by Gasteiger charge is -2.36. The predicted molar refractivity (Wildman–Crippen MR) is 84.8 cm³/mol. The lowest BCUT2D eigenvalue weighted by Crippen LogP contribution is -2.48. The summed E-state index contributed by atoms with van der Waals surface area (Å²) in [5.74, 6) is -0.505. The number of likely N-dealkylation sites (tertiary alicyclic amines) is 1. The second-order valence-electron chi connectivity index (χ2n) is 5.84. The molecule has 1 aromatic rings. The summed E-state index contributed by atoms with van der Waals surface area (Å²) < 4.78 is 0. The van der Waals surface area contributed by atoms with E-state index >= 15 is 0 Å². The summed E-state index contributed by atoms with van der Waals surface area (Å²) in [5, 5.41) is 12.2. The number of carboxylic acids is 1. The van der Waals surface area contributed by atoms with Crippen molar-refractivity contribution in [1.29, 1.82) is 0 Å². The Hall–Kier alpha value is -1.88. The van der Waals surface area contributed by atoms with Gasteiger partial charge in [0, 0.05) is 18.7 Å². The summed E-state index contributed by atoms with van der Waals surface area (Å²) in [5.41, 5.74) is 0.659. The molecule has 2 N–H and O–H groups in total. The van der Waals surface area contributed by atoms with Crippen LogP contribution in [0, 0.1) is 5.92 Å². The van der Waals surface area contributed by atoms with Crippen molar-refractivity contribution in [3.8, 4) is 0 Å². The Morgan fingerprint density at radius 2 is 2.09 bits per heavy atom. The van der Waals surface area contributed by atoms with E-state index in [2.05, 4.69) is 5.32 Å². The van der Waals surface area contributed by atoms with Crippen LogP contribution < -0.4 is 5.32 Å². The molecule has 22 heavy (non-hydrogen) atoms. The molecule has 1 fully saturated rings. The summed E-state index contributed by atoms with van der Waals surface area (Å²) in [6.45, 7) is 4.06. The molecule has 2 rings (SSSR count). The number of aliphatic carboxylic acids is 1. The van der Waals surface area contributed by atoms with Crippen molar-refractivity contribution in [2.24, 2.45) is 5.92 Å². The number of carbonyl (C=O) groups excluding carboxylic acids is 1. The molecule has 5 nitrogen and oxygen atoms in total. The number of carbonyl (C=O) groups is 2. The molecule has 1 amide bonds. The molecule has 1 heterocycles. The van der Waals surface area contributed by atoms with Crippen LogP contribution in [0.5, 0.6) is 0 Å². The Bertz CT molecular complexity index is 504. The van der Waals surface area contributed by atoms with E-state index in [4.69, 9.17) is 0 Å². The molecule has 0 spiro atoms. The minimum absolute atomic E-state index is 0.0667. The highest BCUT2D eigenvalue weighted by atomic mass is 16.4. The lowest BCUT2D eigenvalue weighted by atomic mass is 9.96. The second kappa shape index (κ2) is 7.94. The van der Waals surface area contributed by atoms with Crippen molar-refractivity contribution < 1.29 is 14.7 Å². The highest BCUT2D eigenvalue weighted by Gasteiger charge is 2.29. The topological polar surface area (TPSA) is 69.6 Å². The molecule has 0 radical (unpaired) electrons. The SMILES string of the molecule is CC[C@@H](C(=O)O)N1CCC[C@H](CNC(=O)c2ccccc2)C1. The third-order valence-electron chi connectivity index (χ3n) is 4.25. The number of nitrogens with one attached hydrogen (secondary N) is 1. The highest BCUT2D eigenvalue weighted by molar-refractivity contribution is 5.94. The Morgan fingerprint density at radius 1 is 1.36 bits per heavy atom. The van der Waals surface area contributed by atoms with Crippen LogP contribution in [0.25, 0.3) is 0 Å². The molecular weight excluding hydrogens is 280 g/mol. The van der Waals surface area contributed by atoms with E-state index in [9.17, 15) is 14.7 Å². The molecule has 120 valence electrons. The smallest absolute Gasteiger partial charge is 0.320 e. The molecule has 0 unspecified atom stereocenters. The van der Waals surface area contributed by atoms with Crippen LogP contribution in [0.15, 0.2) is 30.3 Å². The maximum absolute atomic E-state index is 12.0. The molecule has 1 aromatic carbocycles. The van der Waals surface area contributed by atoms with Gasteiger partial charge in [0.1, 0.15) is 6.04 Å². The van der Waals surface area contributed by atoms with Crippen molar-refractivity contribution in [3.05, 3.63) is 35.9 Å². The normalized spacial score (nSPS) is 20.3. The van der Waals surface area contributed by atoms with Crippen LogP contribution in [0.4, 0.5) is 0 Å². The largest absolute Gasteiger partial charge is 0.480 e. The first-order valence-corrected chi connectivity index (χ1v) is 7.92. The van der Waals surface area contributed by atoms with Crippen LogP contribution in [0.1, 0.15) is 36.5 Å². The van der Waals surface area contributed by atoms with Crippen molar-refractivity contribution in [3.63, 3.8) is 0 Å². The zero-order valence-corrected chi connectivity index (χ0v) is 13.0. The van der Waals surface area contributed by atoms with Crippen molar-refractivity contribution in [2.75, 3.05) is 19.6 Å².